The molecule has 3 nitrogen and oxygen atoms in total. The molecule has 0 spiro atoms. The van der Waals surface area contributed by atoms with Crippen molar-refractivity contribution in [2.75, 3.05) is 11.6 Å². The number of alkyl halides is 1. The SMILES string of the molecule is CC(CCl)CS(=O)(=O)NC(C)c1ccsc1. The van der Waals surface area contributed by atoms with Crippen LogP contribution in [0.15, 0.2) is 16.8 Å². The summed E-state index contributed by atoms with van der Waals surface area (Å²) in [4.78, 5) is 0. The predicted molar refractivity (Wildman–Crippen MR) is 69.5 cm³/mol. The second-order valence-electron chi connectivity index (χ2n) is 3.94. The minimum atomic E-state index is -3.25. The Balaban J connectivity index is 2.59. The maximum Gasteiger partial charge on any atom is 0.212 e. The highest BCUT2D eigenvalue weighted by Crippen LogP contribution is 2.17. The van der Waals surface area contributed by atoms with Gasteiger partial charge in [-0.1, -0.05) is 6.92 Å². The van der Waals surface area contributed by atoms with Crippen LogP contribution in [-0.2, 0) is 10.0 Å². The van der Waals surface area contributed by atoms with Crippen LogP contribution >= 0.6 is 22.9 Å². The van der Waals surface area contributed by atoms with Crippen molar-refractivity contribution < 1.29 is 8.42 Å². The van der Waals surface area contributed by atoms with Gasteiger partial charge in [0.05, 0.1) is 5.75 Å². The van der Waals surface area contributed by atoms with E-state index in [-0.39, 0.29) is 17.7 Å². The van der Waals surface area contributed by atoms with Crippen LogP contribution in [0.3, 0.4) is 0 Å². The molecule has 6 heteroatoms. The summed E-state index contributed by atoms with van der Waals surface area (Å²) in [5, 5.41) is 3.87. The van der Waals surface area contributed by atoms with Crippen molar-refractivity contribution in [3.05, 3.63) is 22.4 Å². The number of halogens is 1. The molecule has 0 aromatic carbocycles. The van der Waals surface area contributed by atoms with Gasteiger partial charge in [0.1, 0.15) is 0 Å². The fraction of sp³-hybridized carbons (Fsp3) is 0.600. The van der Waals surface area contributed by atoms with Gasteiger partial charge in [-0.15, -0.1) is 11.6 Å². The van der Waals surface area contributed by atoms with E-state index in [1.807, 2.05) is 30.7 Å². The molecule has 2 atom stereocenters. The molecule has 0 radical (unpaired) electrons. The van der Waals surface area contributed by atoms with Gasteiger partial charge in [-0.25, -0.2) is 13.1 Å². The van der Waals surface area contributed by atoms with Crippen molar-refractivity contribution in [3.63, 3.8) is 0 Å². The molecular weight excluding hydrogens is 266 g/mol. The van der Waals surface area contributed by atoms with E-state index < -0.39 is 10.0 Å². The first-order chi connectivity index (χ1) is 7.44. The van der Waals surface area contributed by atoms with Crippen LogP contribution in [0.2, 0.25) is 0 Å². The van der Waals surface area contributed by atoms with Gasteiger partial charge in [-0.3, -0.25) is 0 Å². The third-order valence-electron chi connectivity index (χ3n) is 2.17. The quantitative estimate of drug-likeness (QED) is 0.815. The van der Waals surface area contributed by atoms with Crippen molar-refractivity contribution in [2.24, 2.45) is 5.92 Å². The fourth-order valence-corrected chi connectivity index (χ4v) is 3.96. The lowest BCUT2D eigenvalue weighted by Crippen LogP contribution is -2.31. The summed E-state index contributed by atoms with van der Waals surface area (Å²) in [5.41, 5.74) is 0.993. The molecule has 0 aliphatic carbocycles. The lowest BCUT2D eigenvalue weighted by atomic mass is 10.2. The highest BCUT2D eigenvalue weighted by molar-refractivity contribution is 7.89. The summed E-state index contributed by atoms with van der Waals surface area (Å²) in [5.74, 6) is 0.396. The second-order valence-corrected chi connectivity index (χ2v) is 6.82. The Morgan fingerprint density at radius 2 is 2.19 bits per heavy atom. The molecule has 92 valence electrons. The van der Waals surface area contributed by atoms with Crippen LogP contribution < -0.4 is 4.72 Å². The van der Waals surface area contributed by atoms with Gasteiger partial charge in [-0.2, -0.15) is 11.3 Å². The van der Waals surface area contributed by atoms with Crippen LogP contribution in [0.25, 0.3) is 0 Å². The van der Waals surface area contributed by atoms with Gasteiger partial charge in [-0.05, 0) is 35.2 Å². The zero-order chi connectivity index (χ0) is 12.2. The number of nitrogens with one attached hydrogen (secondary N) is 1. The molecule has 1 heterocycles. The molecule has 0 saturated carbocycles. The zero-order valence-corrected chi connectivity index (χ0v) is 11.7. The summed E-state index contributed by atoms with van der Waals surface area (Å²) >= 11 is 7.16. The molecule has 0 fully saturated rings. The summed E-state index contributed by atoms with van der Waals surface area (Å²) in [6, 6.07) is 1.74. The molecule has 1 aromatic rings. The third-order valence-corrected chi connectivity index (χ3v) is 5.12. The smallest absolute Gasteiger partial charge is 0.212 e. The van der Waals surface area contributed by atoms with Crippen LogP contribution in [0.1, 0.15) is 25.5 Å². The van der Waals surface area contributed by atoms with Gasteiger partial charge in [0.2, 0.25) is 10.0 Å². The monoisotopic (exact) mass is 281 g/mol. The van der Waals surface area contributed by atoms with Gasteiger partial charge < -0.3 is 0 Å². The summed E-state index contributed by atoms with van der Waals surface area (Å²) in [6.07, 6.45) is 0. The molecule has 0 aliphatic rings. The molecule has 1 aromatic heterocycles. The van der Waals surface area contributed by atoms with Crippen molar-refractivity contribution in [3.8, 4) is 0 Å². The average Bonchev–Trinajstić information content (AvgIpc) is 2.68. The maximum absolute atomic E-state index is 11.7. The summed E-state index contributed by atoms with van der Waals surface area (Å²) in [6.45, 7) is 3.66. The number of hydrogen-bond donors (Lipinski definition) is 1. The Labute approximate surface area is 106 Å². The normalized spacial score (nSPS) is 15.9. The lowest BCUT2D eigenvalue weighted by molar-refractivity contribution is 0.555. The van der Waals surface area contributed by atoms with Crippen LogP contribution in [0.5, 0.6) is 0 Å². The molecule has 0 amide bonds. The van der Waals surface area contributed by atoms with E-state index in [1.165, 1.54) is 0 Å². The Bertz CT molecular complexity index is 402. The first-order valence-corrected chi connectivity index (χ1v) is 8.15. The molecule has 16 heavy (non-hydrogen) atoms. The number of thiophene rings is 1. The first-order valence-electron chi connectivity index (χ1n) is 5.02. The first kappa shape index (κ1) is 14.0. The van der Waals surface area contributed by atoms with Gasteiger partial charge in [0.15, 0.2) is 0 Å². The number of rotatable bonds is 6. The van der Waals surface area contributed by atoms with E-state index in [4.69, 9.17) is 11.6 Å². The van der Waals surface area contributed by atoms with E-state index in [2.05, 4.69) is 4.72 Å². The Morgan fingerprint density at radius 1 is 1.50 bits per heavy atom. The van der Waals surface area contributed by atoms with E-state index in [0.29, 0.717) is 5.88 Å². The highest BCUT2D eigenvalue weighted by atomic mass is 35.5. The zero-order valence-electron chi connectivity index (χ0n) is 9.31. The Kier molecular flexibility index (Phi) is 5.24. The number of sulfonamides is 1. The molecule has 0 aliphatic heterocycles. The van der Waals surface area contributed by atoms with E-state index in [1.54, 1.807) is 11.3 Å². The van der Waals surface area contributed by atoms with Crippen LogP contribution in [0.4, 0.5) is 0 Å². The second kappa shape index (κ2) is 6.00. The molecule has 0 bridgehead atoms. The topological polar surface area (TPSA) is 46.2 Å². The lowest BCUT2D eigenvalue weighted by Gasteiger charge is -2.15. The largest absolute Gasteiger partial charge is 0.212 e. The van der Waals surface area contributed by atoms with Gasteiger partial charge in [0, 0.05) is 11.9 Å². The summed E-state index contributed by atoms with van der Waals surface area (Å²) < 4.78 is 26.1. The predicted octanol–water partition coefficient (Wildman–Crippen LogP) is 2.60. The van der Waals surface area contributed by atoms with E-state index in [0.717, 1.165) is 5.56 Å². The van der Waals surface area contributed by atoms with Crippen molar-refractivity contribution in [1.29, 1.82) is 0 Å². The Hall–Kier alpha value is -0.100. The van der Waals surface area contributed by atoms with E-state index in [9.17, 15) is 8.42 Å². The average molecular weight is 282 g/mol. The van der Waals surface area contributed by atoms with Crippen molar-refractivity contribution in [2.45, 2.75) is 19.9 Å². The standard InChI is InChI=1S/C10H16ClNO2S2/c1-8(5-11)7-16(13,14)12-9(2)10-3-4-15-6-10/h3-4,6,8-9,12H,5,7H2,1-2H3. The minimum Gasteiger partial charge on any atom is -0.212 e. The van der Waals surface area contributed by atoms with Crippen molar-refractivity contribution >= 4 is 33.0 Å². The van der Waals surface area contributed by atoms with Crippen LogP contribution in [0, 0.1) is 5.92 Å². The van der Waals surface area contributed by atoms with Gasteiger partial charge >= 0.3 is 0 Å². The molecule has 1 rings (SSSR count). The van der Waals surface area contributed by atoms with Gasteiger partial charge in [0.25, 0.3) is 0 Å². The Morgan fingerprint density at radius 3 is 2.69 bits per heavy atom. The van der Waals surface area contributed by atoms with Crippen molar-refractivity contribution in [1.82, 2.24) is 4.72 Å². The molecule has 0 saturated heterocycles. The molecule has 2 unspecified atom stereocenters. The highest BCUT2D eigenvalue weighted by Gasteiger charge is 2.18. The summed E-state index contributed by atoms with van der Waals surface area (Å²) in [7, 11) is -3.25. The minimum absolute atomic E-state index is 0.0335. The molecular formula is C10H16ClNO2S2. The fourth-order valence-electron chi connectivity index (χ4n) is 1.33. The number of hydrogen-bond acceptors (Lipinski definition) is 3. The van der Waals surface area contributed by atoms with E-state index >= 15 is 0 Å². The van der Waals surface area contributed by atoms with Crippen LogP contribution in [-0.4, -0.2) is 20.1 Å². The molecule has 1 N–H and O–H groups in total. The maximum atomic E-state index is 11.7. The third kappa shape index (κ3) is 4.41.